The van der Waals surface area contributed by atoms with Gasteiger partial charge in [-0.2, -0.15) is 18.4 Å². The van der Waals surface area contributed by atoms with Gasteiger partial charge in [0, 0.05) is 30.6 Å². The van der Waals surface area contributed by atoms with Gasteiger partial charge in [-0.25, -0.2) is 4.98 Å². The van der Waals surface area contributed by atoms with Gasteiger partial charge in [-0.15, -0.1) is 0 Å². The number of benzene rings is 1. The molecule has 4 fully saturated rings. The van der Waals surface area contributed by atoms with Gasteiger partial charge in [0.1, 0.15) is 29.3 Å². The summed E-state index contributed by atoms with van der Waals surface area (Å²) in [5.41, 5.74) is -2.15. The molecule has 2 saturated heterocycles. The third kappa shape index (κ3) is 3.59. The van der Waals surface area contributed by atoms with Crippen LogP contribution in [0.5, 0.6) is 5.75 Å². The Bertz CT molecular complexity index is 1310. The summed E-state index contributed by atoms with van der Waals surface area (Å²) in [4.78, 5) is 22.7. The molecule has 1 amide bonds. The molecule has 4 aliphatic rings. The minimum Gasteiger partial charge on any atom is -0.490 e. The van der Waals surface area contributed by atoms with Gasteiger partial charge in [0.25, 0.3) is 5.91 Å². The van der Waals surface area contributed by atoms with Crippen molar-refractivity contribution >= 4 is 17.3 Å². The van der Waals surface area contributed by atoms with Gasteiger partial charge in [-0.1, -0.05) is 6.58 Å². The molecule has 2 aliphatic heterocycles. The van der Waals surface area contributed by atoms with Crippen molar-refractivity contribution < 1.29 is 22.7 Å². The maximum absolute atomic E-state index is 13.6. The Kier molecular flexibility index (Phi) is 5.28. The van der Waals surface area contributed by atoms with E-state index in [4.69, 9.17) is 10.00 Å². The van der Waals surface area contributed by atoms with Gasteiger partial charge >= 0.3 is 6.18 Å². The molecule has 2 bridgehead atoms. The third-order valence-electron chi connectivity index (χ3n) is 8.40. The number of anilines is 2. The summed E-state index contributed by atoms with van der Waals surface area (Å²) in [5, 5.41) is 9.09. The van der Waals surface area contributed by atoms with Gasteiger partial charge in [-0.3, -0.25) is 9.69 Å². The van der Waals surface area contributed by atoms with Crippen molar-refractivity contribution in [3.63, 3.8) is 0 Å². The van der Waals surface area contributed by atoms with Crippen LogP contribution in [-0.2, 0) is 11.0 Å². The van der Waals surface area contributed by atoms with Crippen LogP contribution in [0.3, 0.4) is 0 Å². The van der Waals surface area contributed by atoms with Crippen molar-refractivity contribution in [3.8, 4) is 11.8 Å². The molecular weight excluding hydrogens is 483 g/mol. The number of ether oxygens (including phenoxy) is 1. The molecule has 192 valence electrons. The lowest BCUT2D eigenvalue weighted by Gasteiger charge is -2.43. The van der Waals surface area contributed by atoms with Crippen molar-refractivity contribution in [3.05, 3.63) is 60.2 Å². The smallest absolute Gasteiger partial charge is 0.419 e. The number of pyridine rings is 1. The number of piperidine rings is 1. The Morgan fingerprint density at radius 1 is 1.19 bits per heavy atom. The summed E-state index contributed by atoms with van der Waals surface area (Å²) in [6, 6.07) is 10.3. The summed E-state index contributed by atoms with van der Waals surface area (Å²) in [6.45, 7) is 5.13. The number of hydrogen-bond donors (Lipinski definition) is 0. The van der Waals surface area contributed by atoms with E-state index in [1.807, 2.05) is 29.2 Å². The molecule has 2 saturated carbocycles. The topological polar surface area (TPSA) is 72.7 Å². The van der Waals surface area contributed by atoms with Crippen LogP contribution in [0.25, 0.3) is 0 Å². The Morgan fingerprint density at radius 3 is 2.46 bits per heavy atom. The fourth-order valence-corrected chi connectivity index (χ4v) is 6.38. The first-order valence-corrected chi connectivity index (χ1v) is 12.4. The molecule has 7 nitrogen and oxygen atoms in total. The average molecular weight is 510 g/mol. The number of rotatable bonds is 4. The van der Waals surface area contributed by atoms with Crippen LogP contribution in [-0.4, -0.2) is 47.1 Å². The molecule has 1 aromatic heterocycles. The van der Waals surface area contributed by atoms with E-state index >= 15 is 0 Å². The van der Waals surface area contributed by atoms with E-state index in [1.165, 1.54) is 11.0 Å². The first-order valence-electron chi connectivity index (χ1n) is 12.4. The predicted octanol–water partition coefficient (Wildman–Crippen LogP) is 4.69. The van der Waals surface area contributed by atoms with E-state index in [-0.39, 0.29) is 23.5 Å². The van der Waals surface area contributed by atoms with Crippen molar-refractivity contribution in [1.82, 2.24) is 9.88 Å². The van der Waals surface area contributed by atoms with Crippen LogP contribution in [0.2, 0.25) is 0 Å². The number of nitrogens with zero attached hydrogens (tertiary/aromatic N) is 5. The highest BCUT2D eigenvalue weighted by molar-refractivity contribution is 6.10. The van der Waals surface area contributed by atoms with Crippen molar-refractivity contribution in [1.29, 1.82) is 5.26 Å². The third-order valence-corrected chi connectivity index (χ3v) is 8.40. The monoisotopic (exact) mass is 509 g/mol. The summed E-state index contributed by atoms with van der Waals surface area (Å²) in [7, 11) is 2.15. The van der Waals surface area contributed by atoms with Gasteiger partial charge in [0.15, 0.2) is 5.69 Å². The molecule has 3 heterocycles. The lowest BCUT2D eigenvalue weighted by molar-refractivity contribution is -0.138. The molecule has 0 N–H and O–H groups in total. The molecule has 3 unspecified atom stereocenters. The molecule has 3 atom stereocenters. The Labute approximate surface area is 212 Å². The van der Waals surface area contributed by atoms with Crippen molar-refractivity contribution in [2.45, 2.75) is 56.0 Å². The van der Waals surface area contributed by atoms with E-state index in [0.29, 0.717) is 24.8 Å². The van der Waals surface area contributed by atoms with Crippen LogP contribution in [0.4, 0.5) is 24.5 Å². The van der Waals surface area contributed by atoms with Crippen LogP contribution in [0, 0.1) is 17.2 Å². The molecule has 1 aromatic carbocycles. The number of fused-ring (bicyclic) bond motifs is 2. The van der Waals surface area contributed by atoms with E-state index in [9.17, 15) is 18.0 Å². The van der Waals surface area contributed by atoms with Crippen LogP contribution < -0.4 is 14.5 Å². The van der Waals surface area contributed by atoms with Crippen molar-refractivity contribution in [2.24, 2.45) is 5.92 Å². The fourth-order valence-electron chi connectivity index (χ4n) is 6.38. The number of hydrogen-bond acceptors (Lipinski definition) is 6. The largest absolute Gasteiger partial charge is 0.490 e. The lowest BCUT2D eigenvalue weighted by atomic mass is 9.75. The Hall–Kier alpha value is -3.58. The minimum absolute atomic E-state index is 0.0590. The second-order valence-electron chi connectivity index (χ2n) is 10.5. The minimum atomic E-state index is -4.78. The Balaban J connectivity index is 1.28. The number of carbonyl (C=O) groups is 1. The second kappa shape index (κ2) is 8.21. The number of likely N-dealkylation sites (tertiary alicyclic amines) is 1. The molecular formula is C27H26F3N5O2. The van der Waals surface area contributed by atoms with E-state index < -0.39 is 23.0 Å². The summed E-state index contributed by atoms with van der Waals surface area (Å²) in [6.07, 6.45) is 0.651. The van der Waals surface area contributed by atoms with Gasteiger partial charge in [0.05, 0.1) is 17.4 Å². The van der Waals surface area contributed by atoms with E-state index in [0.717, 1.165) is 49.5 Å². The molecule has 0 radical (unpaired) electrons. The van der Waals surface area contributed by atoms with E-state index in [2.05, 4.69) is 23.5 Å². The highest BCUT2D eigenvalue weighted by Crippen LogP contribution is 2.51. The fraction of sp³-hybridized carbons (Fsp3) is 0.444. The molecule has 2 aromatic rings. The van der Waals surface area contributed by atoms with Gasteiger partial charge in [0.2, 0.25) is 0 Å². The van der Waals surface area contributed by atoms with Crippen LogP contribution in [0.1, 0.15) is 43.4 Å². The Morgan fingerprint density at radius 2 is 1.92 bits per heavy atom. The number of amides is 1. The number of alkyl halides is 3. The average Bonchev–Trinajstić information content (AvgIpc) is 3.47. The highest BCUT2D eigenvalue weighted by Gasteiger charge is 2.59. The summed E-state index contributed by atoms with van der Waals surface area (Å²) >= 11 is 0. The lowest BCUT2D eigenvalue weighted by Crippen LogP contribution is -2.54. The summed E-state index contributed by atoms with van der Waals surface area (Å²) in [5.74, 6) is 1.20. The quantitative estimate of drug-likeness (QED) is 0.596. The molecule has 6 rings (SSSR count). The number of aromatic nitrogens is 1. The van der Waals surface area contributed by atoms with Gasteiger partial charge in [-0.05, 0) is 63.1 Å². The van der Waals surface area contributed by atoms with Crippen molar-refractivity contribution in [2.75, 3.05) is 23.4 Å². The molecule has 2 aliphatic carbocycles. The zero-order valence-electron chi connectivity index (χ0n) is 20.3. The molecule has 37 heavy (non-hydrogen) atoms. The standard InChI is InChI=1S/C27H26F3N5O2/c1-16-34(20-11-22(27(28,29)30)23(13-31)32-14-20)25(36)26(8-3-9-26)35(16)18-4-6-21(7-5-18)37-24-12-19-10-17(24)15-33(19)2/h4-7,11,14,17,19,24H,1,3,8-10,12,15H2,2H3. The maximum atomic E-state index is 13.6. The SMILES string of the molecule is C=C1N(c2cnc(C#N)c(C(F)(F)F)c2)C(=O)C2(CCC2)N1c1ccc(OC2CC3CC2CN3C)cc1. The molecule has 1 spiro atoms. The summed E-state index contributed by atoms with van der Waals surface area (Å²) < 4.78 is 47.0. The maximum Gasteiger partial charge on any atom is 0.419 e. The first kappa shape index (κ1) is 23.8. The van der Waals surface area contributed by atoms with E-state index in [1.54, 1.807) is 0 Å². The number of halogens is 3. The predicted molar refractivity (Wildman–Crippen MR) is 130 cm³/mol. The first-order chi connectivity index (χ1) is 17.6. The van der Waals surface area contributed by atoms with Crippen LogP contribution in [0.15, 0.2) is 48.9 Å². The second-order valence-corrected chi connectivity index (χ2v) is 10.5. The highest BCUT2D eigenvalue weighted by atomic mass is 19.4. The number of nitriles is 1. The number of carbonyl (C=O) groups excluding carboxylic acids is 1. The normalized spacial score (nSPS) is 26.6. The zero-order chi connectivity index (χ0) is 26.1. The van der Waals surface area contributed by atoms with Gasteiger partial charge < -0.3 is 14.5 Å². The zero-order valence-corrected chi connectivity index (χ0v) is 20.3. The molecule has 10 heteroatoms. The van der Waals surface area contributed by atoms with Crippen LogP contribution >= 0.6 is 0 Å².